The molecule has 0 saturated heterocycles. The minimum absolute atomic E-state index is 0.297. The van der Waals surface area contributed by atoms with Gasteiger partial charge >= 0.3 is 0 Å². The Balaban J connectivity index is 2.04. The number of hydrazine groups is 1. The van der Waals surface area contributed by atoms with Crippen molar-refractivity contribution in [1.82, 2.24) is 10.4 Å². The average molecular weight is 334 g/mol. The van der Waals surface area contributed by atoms with Crippen molar-refractivity contribution in [3.8, 4) is 5.75 Å². The van der Waals surface area contributed by atoms with Gasteiger partial charge in [0.1, 0.15) is 5.75 Å². The van der Waals surface area contributed by atoms with E-state index in [0.29, 0.717) is 17.4 Å². The van der Waals surface area contributed by atoms with Crippen molar-refractivity contribution in [2.75, 3.05) is 19.9 Å². The van der Waals surface area contributed by atoms with Gasteiger partial charge in [0, 0.05) is 25.1 Å². The SMILES string of the molecule is CC1=C(c2cc(S(C)(=O)=O)ccc2OCC2CC2)NN(C)C=C1. The lowest BCUT2D eigenvalue weighted by Gasteiger charge is -2.26. The number of ether oxygens (including phenoxy) is 1. The van der Waals surface area contributed by atoms with Gasteiger partial charge in [-0.25, -0.2) is 8.42 Å². The predicted octanol–water partition coefficient (Wildman–Crippen LogP) is 2.57. The molecular weight excluding hydrogens is 312 g/mol. The van der Waals surface area contributed by atoms with E-state index < -0.39 is 9.84 Å². The summed E-state index contributed by atoms with van der Waals surface area (Å²) in [5, 5.41) is 1.83. The Morgan fingerprint density at radius 2 is 2.09 bits per heavy atom. The molecule has 0 spiro atoms. The highest BCUT2D eigenvalue weighted by molar-refractivity contribution is 7.90. The second-order valence-corrected chi connectivity index (χ2v) is 8.30. The molecule has 1 aliphatic heterocycles. The van der Waals surface area contributed by atoms with Gasteiger partial charge < -0.3 is 4.74 Å². The van der Waals surface area contributed by atoms with Gasteiger partial charge in [-0.2, -0.15) is 0 Å². The molecular formula is C17H22N2O3S. The lowest BCUT2D eigenvalue weighted by molar-refractivity contribution is 0.297. The Bertz CT molecular complexity index is 777. The minimum atomic E-state index is -3.27. The third kappa shape index (κ3) is 3.69. The number of benzene rings is 1. The molecule has 0 aromatic heterocycles. The fourth-order valence-electron chi connectivity index (χ4n) is 2.43. The molecule has 1 fully saturated rings. The number of hydrogen-bond acceptors (Lipinski definition) is 5. The molecule has 5 nitrogen and oxygen atoms in total. The van der Waals surface area contributed by atoms with E-state index in [1.54, 1.807) is 18.2 Å². The number of rotatable bonds is 5. The minimum Gasteiger partial charge on any atom is -0.493 e. The van der Waals surface area contributed by atoms with Gasteiger partial charge in [-0.05, 0) is 55.5 Å². The largest absolute Gasteiger partial charge is 0.493 e. The molecule has 1 aromatic rings. The van der Waals surface area contributed by atoms with Crippen LogP contribution in [0.4, 0.5) is 0 Å². The maximum atomic E-state index is 11.9. The van der Waals surface area contributed by atoms with E-state index >= 15 is 0 Å². The Hall–Kier alpha value is -1.95. The molecule has 1 aromatic carbocycles. The number of sulfone groups is 1. The van der Waals surface area contributed by atoms with E-state index in [2.05, 4.69) is 5.43 Å². The van der Waals surface area contributed by atoms with E-state index in [1.165, 1.54) is 19.1 Å². The first-order chi connectivity index (χ1) is 10.8. The van der Waals surface area contributed by atoms with Gasteiger partial charge in [-0.15, -0.1) is 0 Å². The van der Waals surface area contributed by atoms with Crippen LogP contribution in [0.2, 0.25) is 0 Å². The highest BCUT2D eigenvalue weighted by atomic mass is 32.2. The summed E-state index contributed by atoms with van der Waals surface area (Å²) in [6.45, 7) is 2.67. The van der Waals surface area contributed by atoms with E-state index in [1.807, 2.05) is 31.3 Å². The highest BCUT2D eigenvalue weighted by Gasteiger charge is 2.24. The van der Waals surface area contributed by atoms with E-state index in [-0.39, 0.29) is 0 Å². The molecule has 0 amide bonds. The van der Waals surface area contributed by atoms with Crippen molar-refractivity contribution in [3.05, 3.63) is 41.6 Å². The zero-order valence-corrected chi connectivity index (χ0v) is 14.5. The second kappa shape index (κ2) is 5.92. The molecule has 0 bridgehead atoms. The topological polar surface area (TPSA) is 58.6 Å². The molecule has 1 N–H and O–H groups in total. The Labute approximate surface area is 137 Å². The zero-order valence-electron chi connectivity index (χ0n) is 13.7. The molecule has 1 aliphatic carbocycles. The molecule has 0 atom stereocenters. The van der Waals surface area contributed by atoms with Gasteiger partial charge in [-0.3, -0.25) is 10.4 Å². The summed E-state index contributed by atoms with van der Waals surface area (Å²) in [7, 11) is -1.37. The maximum absolute atomic E-state index is 11.9. The van der Waals surface area contributed by atoms with Crippen LogP contribution < -0.4 is 10.2 Å². The van der Waals surface area contributed by atoms with Crippen LogP contribution in [0.15, 0.2) is 40.9 Å². The number of nitrogens with zero attached hydrogens (tertiary/aromatic N) is 1. The van der Waals surface area contributed by atoms with Crippen LogP contribution in [-0.2, 0) is 9.84 Å². The normalized spacial score (nSPS) is 18.1. The smallest absolute Gasteiger partial charge is 0.175 e. The fraction of sp³-hybridized carbons (Fsp3) is 0.412. The van der Waals surface area contributed by atoms with Crippen LogP contribution in [0.1, 0.15) is 25.3 Å². The number of allylic oxidation sites excluding steroid dienone is 2. The summed E-state index contributed by atoms with van der Waals surface area (Å²) in [6.07, 6.45) is 7.55. The van der Waals surface area contributed by atoms with Crippen molar-refractivity contribution in [2.24, 2.45) is 5.92 Å². The van der Waals surface area contributed by atoms with Gasteiger partial charge in [0.15, 0.2) is 9.84 Å². The molecule has 0 unspecified atom stereocenters. The molecule has 1 heterocycles. The van der Waals surface area contributed by atoms with Crippen molar-refractivity contribution >= 4 is 15.5 Å². The Kier molecular flexibility index (Phi) is 4.10. The molecule has 23 heavy (non-hydrogen) atoms. The quantitative estimate of drug-likeness (QED) is 0.897. The first kappa shape index (κ1) is 15.9. The van der Waals surface area contributed by atoms with Crippen molar-refractivity contribution in [3.63, 3.8) is 0 Å². The first-order valence-corrected chi connectivity index (χ1v) is 9.59. The van der Waals surface area contributed by atoms with Crippen LogP contribution in [0.3, 0.4) is 0 Å². The highest BCUT2D eigenvalue weighted by Crippen LogP contribution is 2.34. The number of nitrogens with one attached hydrogen (secondary N) is 1. The van der Waals surface area contributed by atoms with Crippen molar-refractivity contribution < 1.29 is 13.2 Å². The van der Waals surface area contributed by atoms with Gasteiger partial charge in [0.05, 0.1) is 17.2 Å². The lowest BCUT2D eigenvalue weighted by Crippen LogP contribution is -2.31. The molecule has 1 saturated carbocycles. The van der Waals surface area contributed by atoms with Crippen molar-refractivity contribution in [2.45, 2.75) is 24.7 Å². The summed E-state index contributed by atoms with van der Waals surface area (Å²) in [5.74, 6) is 1.35. The third-order valence-electron chi connectivity index (χ3n) is 4.05. The molecule has 124 valence electrons. The summed E-state index contributed by atoms with van der Waals surface area (Å²) in [5.41, 5.74) is 5.94. The molecule has 3 rings (SSSR count). The number of hydrogen-bond donors (Lipinski definition) is 1. The molecule has 6 heteroatoms. The standard InChI is InChI=1S/C17H22N2O3S/c1-12-8-9-19(2)18-17(12)15-10-14(23(3,20)21)6-7-16(15)22-11-13-4-5-13/h6-10,13,18H,4-5,11H2,1-3H3. The van der Waals surface area contributed by atoms with E-state index in [0.717, 1.165) is 22.6 Å². The van der Waals surface area contributed by atoms with E-state index in [9.17, 15) is 8.42 Å². The maximum Gasteiger partial charge on any atom is 0.175 e. The average Bonchev–Trinajstić information content (AvgIpc) is 3.31. The van der Waals surface area contributed by atoms with Crippen LogP contribution in [-0.4, -0.2) is 33.3 Å². The van der Waals surface area contributed by atoms with Crippen LogP contribution >= 0.6 is 0 Å². The van der Waals surface area contributed by atoms with Gasteiger partial charge in [0.25, 0.3) is 0 Å². The summed E-state index contributed by atoms with van der Waals surface area (Å²) < 4.78 is 29.8. The van der Waals surface area contributed by atoms with Gasteiger partial charge in [0.2, 0.25) is 0 Å². The molecule has 0 radical (unpaired) electrons. The van der Waals surface area contributed by atoms with Crippen LogP contribution in [0.25, 0.3) is 5.70 Å². The summed E-state index contributed by atoms with van der Waals surface area (Å²) in [4.78, 5) is 0.297. The second-order valence-electron chi connectivity index (χ2n) is 6.28. The monoisotopic (exact) mass is 334 g/mol. The summed E-state index contributed by atoms with van der Waals surface area (Å²) >= 11 is 0. The zero-order chi connectivity index (χ0) is 16.6. The van der Waals surface area contributed by atoms with E-state index in [4.69, 9.17) is 4.74 Å². The first-order valence-electron chi connectivity index (χ1n) is 7.70. The summed E-state index contributed by atoms with van der Waals surface area (Å²) in [6, 6.07) is 5.06. The van der Waals surface area contributed by atoms with Crippen LogP contribution in [0.5, 0.6) is 5.75 Å². The van der Waals surface area contributed by atoms with Crippen molar-refractivity contribution in [1.29, 1.82) is 0 Å². The van der Waals surface area contributed by atoms with Crippen LogP contribution in [0, 0.1) is 5.92 Å². The third-order valence-corrected chi connectivity index (χ3v) is 5.16. The predicted molar refractivity (Wildman–Crippen MR) is 90.4 cm³/mol. The Morgan fingerprint density at radius 1 is 1.35 bits per heavy atom. The lowest BCUT2D eigenvalue weighted by atomic mass is 10.1. The fourth-order valence-corrected chi connectivity index (χ4v) is 3.08. The Morgan fingerprint density at radius 3 is 2.74 bits per heavy atom. The van der Waals surface area contributed by atoms with Gasteiger partial charge in [-0.1, -0.05) is 0 Å². The molecule has 2 aliphatic rings.